The number of carbonyl (C=O) groups excluding carboxylic acids is 2. The number of fused-ring (bicyclic) bond motifs is 1. The molecule has 1 aliphatic carbocycles. The molecule has 0 unspecified atom stereocenters. The maximum absolute atomic E-state index is 12.8. The predicted octanol–water partition coefficient (Wildman–Crippen LogP) is 5.17. The SMILES string of the molecule is NC(=O)c1cn(C(=O)Nc2ccco2)c2cc(OC3CCCCCC3)cc(Cl)c12. The van der Waals surface area contributed by atoms with Crippen LogP contribution < -0.4 is 15.8 Å². The van der Waals surface area contributed by atoms with Crippen LogP contribution in [0.3, 0.4) is 0 Å². The van der Waals surface area contributed by atoms with E-state index in [0.717, 1.165) is 25.7 Å². The number of amides is 2. The van der Waals surface area contributed by atoms with E-state index < -0.39 is 11.9 Å². The Kier molecular flexibility index (Phi) is 5.49. The quantitative estimate of drug-likeness (QED) is 0.574. The van der Waals surface area contributed by atoms with Gasteiger partial charge in [-0.25, -0.2) is 4.79 Å². The number of anilines is 1. The van der Waals surface area contributed by atoms with Crippen molar-refractivity contribution in [3.8, 4) is 5.75 Å². The van der Waals surface area contributed by atoms with Gasteiger partial charge in [0.1, 0.15) is 5.75 Å². The molecule has 8 heteroatoms. The Morgan fingerprint density at radius 1 is 1.21 bits per heavy atom. The summed E-state index contributed by atoms with van der Waals surface area (Å²) < 4.78 is 12.6. The zero-order chi connectivity index (χ0) is 20.4. The molecule has 0 aliphatic heterocycles. The number of carbonyl (C=O) groups is 2. The van der Waals surface area contributed by atoms with Gasteiger partial charge in [-0.1, -0.05) is 24.4 Å². The minimum Gasteiger partial charge on any atom is -0.490 e. The van der Waals surface area contributed by atoms with Crippen molar-refractivity contribution in [1.29, 1.82) is 0 Å². The smallest absolute Gasteiger partial charge is 0.332 e. The standard InChI is InChI=1S/C21H22ClN3O4/c22-16-10-14(29-13-6-3-1-2-4-7-13)11-17-19(16)15(20(23)26)12-25(17)21(27)24-18-8-5-9-28-18/h5,8-13H,1-4,6-7H2,(H2,23,26)(H,24,27). The third kappa shape index (κ3) is 4.10. The van der Waals surface area contributed by atoms with E-state index in [9.17, 15) is 9.59 Å². The van der Waals surface area contributed by atoms with E-state index in [0.29, 0.717) is 21.7 Å². The van der Waals surface area contributed by atoms with Gasteiger partial charge in [0.05, 0.1) is 28.5 Å². The van der Waals surface area contributed by atoms with Crippen molar-refractivity contribution in [3.63, 3.8) is 0 Å². The summed E-state index contributed by atoms with van der Waals surface area (Å²) in [5, 5.41) is 3.36. The van der Waals surface area contributed by atoms with Crippen LogP contribution in [0, 0.1) is 0 Å². The summed E-state index contributed by atoms with van der Waals surface area (Å²) in [5.41, 5.74) is 6.12. The van der Waals surface area contributed by atoms with E-state index in [2.05, 4.69) is 5.32 Å². The molecule has 7 nitrogen and oxygen atoms in total. The zero-order valence-electron chi connectivity index (χ0n) is 15.8. The van der Waals surface area contributed by atoms with Crippen molar-refractivity contribution in [1.82, 2.24) is 4.57 Å². The lowest BCUT2D eigenvalue weighted by atomic mass is 10.1. The first kappa shape index (κ1) is 19.4. The number of hydrogen-bond donors (Lipinski definition) is 2. The molecule has 152 valence electrons. The molecule has 2 aromatic heterocycles. The second kappa shape index (κ2) is 8.21. The molecule has 1 aliphatic rings. The number of ether oxygens (including phenoxy) is 1. The fraction of sp³-hybridized carbons (Fsp3) is 0.333. The van der Waals surface area contributed by atoms with Gasteiger partial charge in [-0.3, -0.25) is 14.7 Å². The van der Waals surface area contributed by atoms with Crippen LogP contribution in [0.4, 0.5) is 10.7 Å². The van der Waals surface area contributed by atoms with E-state index >= 15 is 0 Å². The highest BCUT2D eigenvalue weighted by atomic mass is 35.5. The Morgan fingerprint density at radius 2 is 1.97 bits per heavy atom. The van der Waals surface area contributed by atoms with Crippen molar-refractivity contribution >= 4 is 40.3 Å². The summed E-state index contributed by atoms with van der Waals surface area (Å²) in [7, 11) is 0. The third-order valence-corrected chi connectivity index (χ3v) is 5.47. The second-order valence-electron chi connectivity index (χ2n) is 7.22. The van der Waals surface area contributed by atoms with Crippen LogP contribution in [0.25, 0.3) is 10.9 Å². The lowest BCUT2D eigenvalue weighted by Gasteiger charge is -2.17. The van der Waals surface area contributed by atoms with E-state index in [-0.39, 0.29) is 17.6 Å². The molecule has 3 N–H and O–H groups in total. The maximum atomic E-state index is 12.8. The van der Waals surface area contributed by atoms with E-state index in [1.165, 1.54) is 29.9 Å². The van der Waals surface area contributed by atoms with Crippen LogP contribution in [0.5, 0.6) is 5.75 Å². The third-order valence-electron chi connectivity index (χ3n) is 5.17. The summed E-state index contributed by atoms with van der Waals surface area (Å²) in [6, 6.07) is 6.18. The van der Waals surface area contributed by atoms with Crippen molar-refractivity contribution < 1.29 is 18.7 Å². The number of nitrogens with zero attached hydrogens (tertiary/aromatic N) is 1. The predicted molar refractivity (Wildman–Crippen MR) is 111 cm³/mol. The van der Waals surface area contributed by atoms with Gasteiger partial charge in [-0.2, -0.15) is 0 Å². The Labute approximate surface area is 172 Å². The molecule has 1 fully saturated rings. The highest BCUT2D eigenvalue weighted by Gasteiger charge is 2.22. The molecule has 0 radical (unpaired) electrons. The van der Waals surface area contributed by atoms with Gasteiger partial charge < -0.3 is 14.9 Å². The Balaban J connectivity index is 1.72. The molecule has 2 heterocycles. The molecule has 1 saturated carbocycles. The molecule has 2 amide bonds. The number of rotatable bonds is 4. The Morgan fingerprint density at radius 3 is 2.62 bits per heavy atom. The Bertz CT molecular complexity index is 1030. The fourth-order valence-electron chi connectivity index (χ4n) is 3.78. The van der Waals surface area contributed by atoms with Crippen LogP contribution in [0.1, 0.15) is 48.9 Å². The number of furan rings is 1. The monoisotopic (exact) mass is 415 g/mol. The van der Waals surface area contributed by atoms with E-state index in [1.54, 1.807) is 24.3 Å². The topological polar surface area (TPSA) is 99.5 Å². The molecule has 29 heavy (non-hydrogen) atoms. The largest absolute Gasteiger partial charge is 0.490 e. The maximum Gasteiger partial charge on any atom is 0.332 e. The van der Waals surface area contributed by atoms with Crippen molar-refractivity contribution in [2.45, 2.75) is 44.6 Å². The molecule has 4 rings (SSSR count). The van der Waals surface area contributed by atoms with E-state index in [1.807, 2.05) is 0 Å². The normalized spacial score (nSPS) is 15.2. The van der Waals surface area contributed by atoms with Crippen LogP contribution in [-0.4, -0.2) is 22.6 Å². The van der Waals surface area contributed by atoms with Gasteiger partial charge in [0.2, 0.25) is 5.88 Å². The zero-order valence-corrected chi connectivity index (χ0v) is 16.6. The summed E-state index contributed by atoms with van der Waals surface area (Å²) in [6.45, 7) is 0. The first-order valence-electron chi connectivity index (χ1n) is 9.69. The lowest BCUT2D eigenvalue weighted by Crippen LogP contribution is -2.19. The molecular weight excluding hydrogens is 394 g/mol. The fourth-order valence-corrected chi connectivity index (χ4v) is 4.08. The molecule has 3 aromatic rings. The van der Waals surface area contributed by atoms with Crippen LogP contribution >= 0.6 is 11.6 Å². The first-order valence-corrected chi connectivity index (χ1v) is 10.1. The number of aromatic nitrogens is 1. The van der Waals surface area contributed by atoms with Crippen molar-refractivity contribution in [3.05, 3.63) is 47.3 Å². The van der Waals surface area contributed by atoms with Gasteiger partial charge in [0, 0.05) is 23.7 Å². The number of nitrogens with one attached hydrogen (secondary N) is 1. The minimum absolute atomic E-state index is 0.113. The number of halogens is 1. The first-order chi connectivity index (χ1) is 14.0. The van der Waals surface area contributed by atoms with Gasteiger partial charge in [0.25, 0.3) is 5.91 Å². The second-order valence-corrected chi connectivity index (χ2v) is 7.62. The van der Waals surface area contributed by atoms with Gasteiger partial charge in [-0.15, -0.1) is 0 Å². The van der Waals surface area contributed by atoms with Crippen molar-refractivity contribution in [2.24, 2.45) is 5.73 Å². The highest BCUT2D eigenvalue weighted by Crippen LogP contribution is 2.34. The average Bonchev–Trinajstić information content (AvgIpc) is 3.24. The van der Waals surface area contributed by atoms with E-state index in [4.69, 9.17) is 26.5 Å². The molecular formula is C21H22ClN3O4. The molecule has 0 saturated heterocycles. The molecule has 0 bridgehead atoms. The summed E-state index contributed by atoms with van der Waals surface area (Å²) in [5.74, 6) is 0.184. The van der Waals surface area contributed by atoms with Gasteiger partial charge in [0.15, 0.2) is 0 Å². The summed E-state index contributed by atoms with van der Waals surface area (Å²) in [6.07, 6.45) is 9.63. The molecule has 0 atom stereocenters. The van der Waals surface area contributed by atoms with Gasteiger partial charge in [-0.05, 0) is 37.8 Å². The number of hydrogen-bond acceptors (Lipinski definition) is 4. The number of nitrogens with two attached hydrogens (primary N) is 1. The van der Waals surface area contributed by atoms with Crippen molar-refractivity contribution in [2.75, 3.05) is 5.32 Å². The molecule has 0 spiro atoms. The van der Waals surface area contributed by atoms with Crippen LogP contribution in [0.2, 0.25) is 5.02 Å². The molecule has 1 aromatic carbocycles. The average molecular weight is 416 g/mol. The van der Waals surface area contributed by atoms with Crippen LogP contribution in [-0.2, 0) is 0 Å². The highest BCUT2D eigenvalue weighted by molar-refractivity contribution is 6.37. The Hall–Kier alpha value is -2.93. The number of benzene rings is 1. The van der Waals surface area contributed by atoms with Crippen LogP contribution in [0.15, 0.2) is 41.1 Å². The minimum atomic E-state index is -0.668. The lowest BCUT2D eigenvalue weighted by molar-refractivity contribution is 0.100. The number of primary amides is 1. The summed E-state index contributed by atoms with van der Waals surface area (Å²) >= 11 is 6.47. The summed E-state index contributed by atoms with van der Waals surface area (Å²) in [4.78, 5) is 24.7. The van der Waals surface area contributed by atoms with Gasteiger partial charge >= 0.3 is 6.03 Å².